The van der Waals surface area contributed by atoms with Crippen molar-refractivity contribution in [2.45, 2.75) is 13.1 Å². The number of rotatable bonds is 6. The van der Waals surface area contributed by atoms with E-state index in [0.29, 0.717) is 18.0 Å². The molecule has 0 aliphatic carbocycles. The van der Waals surface area contributed by atoms with E-state index in [9.17, 15) is 4.79 Å². The molecule has 0 aliphatic heterocycles. The number of imidazole rings is 1. The van der Waals surface area contributed by atoms with Crippen molar-refractivity contribution in [2.24, 2.45) is 0 Å². The fraction of sp³-hybridized carbons (Fsp3) is 0.105. The lowest BCUT2D eigenvalue weighted by atomic mass is 10.2. The number of aromatic amines is 1. The number of hydrogen-bond acceptors (Lipinski definition) is 5. The molecule has 3 aromatic heterocycles. The number of aromatic nitrogens is 3. The molecule has 0 unspecified atom stereocenters. The first-order chi connectivity index (χ1) is 12.7. The first-order valence-electron chi connectivity index (χ1n) is 8.13. The third kappa shape index (κ3) is 3.49. The Labute approximate surface area is 153 Å². The highest BCUT2D eigenvalue weighted by Gasteiger charge is 2.10. The number of nitrogens with zero attached hydrogens (tertiary/aromatic N) is 2. The van der Waals surface area contributed by atoms with Crippen LogP contribution < -0.4 is 5.32 Å². The van der Waals surface area contributed by atoms with E-state index in [1.54, 1.807) is 12.1 Å². The van der Waals surface area contributed by atoms with Gasteiger partial charge in [0.05, 0.1) is 33.8 Å². The summed E-state index contributed by atoms with van der Waals surface area (Å²) in [5, 5.41) is 12.4. The van der Waals surface area contributed by atoms with E-state index in [4.69, 9.17) is 5.11 Å². The number of carboxylic acids is 1. The zero-order valence-corrected chi connectivity index (χ0v) is 14.6. The minimum atomic E-state index is -0.912. The molecule has 0 atom stereocenters. The van der Waals surface area contributed by atoms with Crippen LogP contribution in [0.4, 0.5) is 0 Å². The molecule has 0 amide bonds. The maximum absolute atomic E-state index is 11.0. The number of benzene rings is 1. The van der Waals surface area contributed by atoms with E-state index in [2.05, 4.69) is 20.3 Å². The van der Waals surface area contributed by atoms with Gasteiger partial charge in [-0.15, -0.1) is 11.3 Å². The molecule has 26 heavy (non-hydrogen) atoms. The average molecular weight is 364 g/mol. The van der Waals surface area contributed by atoms with Gasteiger partial charge in [0.2, 0.25) is 0 Å². The van der Waals surface area contributed by atoms with Gasteiger partial charge in [-0.1, -0.05) is 18.2 Å². The van der Waals surface area contributed by atoms with Gasteiger partial charge in [-0.05, 0) is 36.4 Å². The topological polar surface area (TPSA) is 90.9 Å². The molecule has 1 aromatic carbocycles. The molecule has 3 heterocycles. The number of carboxylic acid groups (broad SMARTS) is 1. The number of fused-ring (bicyclic) bond motifs is 1. The minimum Gasteiger partial charge on any atom is -0.477 e. The maximum Gasteiger partial charge on any atom is 0.345 e. The van der Waals surface area contributed by atoms with E-state index in [1.165, 1.54) is 11.3 Å². The van der Waals surface area contributed by atoms with Crippen LogP contribution in [0, 0.1) is 0 Å². The van der Waals surface area contributed by atoms with Gasteiger partial charge in [0, 0.05) is 6.54 Å². The van der Waals surface area contributed by atoms with E-state index in [0.717, 1.165) is 33.1 Å². The van der Waals surface area contributed by atoms with Crippen LogP contribution >= 0.6 is 11.3 Å². The Morgan fingerprint density at radius 3 is 2.73 bits per heavy atom. The largest absolute Gasteiger partial charge is 0.477 e. The molecule has 4 aromatic rings. The van der Waals surface area contributed by atoms with Crippen molar-refractivity contribution in [3.63, 3.8) is 0 Å². The summed E-state index contributed by atoms with van der Waals surface area (Å²) in [6.07, 6.45) is 0. The van der Waals surface area contributed by atoms with Crippen LogP contribution in [0.25, 0.3) is 21.6 Å². The van der Waals surface area contributed by atoms with Gasteiger partial charge < -0.3 is 15.4 Å². The standard InChI is InChI=1S/C19H16N4O2S/c24-19(25)17-9-8-16(26-17)15-7-3-4-12(21-15)10-20-11-18-22-13-5-1-2-6-14(13)23-18/h1-9,20H,10-11H2,(H,22,23)(H,24,25). The molecule has 4 rings (SSSR count). The fourth-order valence-electron chi connectivity index (χ4n) is 2.70. The number of thiophene rings is 1. The summed E-state index contributed by atoms with van der Waals surface area (Å²) >= 11 is 1.23. The predicted octanol–water partition coefficient (Wildman–Crippen LogP) is 3.67. The second-order valence-corrected chi connectivity index (χ2v) is 6.87. The number of aromatic carboxylic acids is 1. The number of pyridine rings is 1. The molecule has 0 fully saturated rings. The normalized spacial score (nSPS) is 11.1. The van der Waals surface area contributed by atoms with Crippen molar-refractivity contribution in [1.82, 2.24) is 20.3 Å². The molecule has 0 aliphatic rings. The van der Waals surface area contributed by atoms with Crippen molar-refractivity contribution in [3.8, 4) is 10.6 Å². The Morgan fingerprint density at radius 1 is 1.04 bits per heavy atom. The lowest BCUT2D eigenvalue weighted by Gasteiger charge is -2.04. The van der Waals surface area contributed by atoms with Gasteiger partial charge in [0.1, 0.15) is 10.7 Å². The third-order valence-electron chi connectivity index (χ3n) is 3.91. The van der Waals surface area contributed by atoms with Crippen LogP contribution in [0.5, 0.6) is 0 Å². The SMILES string of the molecule is O=C(O)c1ccc(-c2cccc(CNCc3nc4ccccc4[nH]3)n2)s1. The average Bonchev–Trinajstić information content (AvgIpc) is 3.29. The summed E-state index contributed by atoms with van der Waals surface area (Å²) in [5.41, 5.74) is 3.65. The van der Waals surface area contributed by atoms with Crippen LogP contribution in [0.2, 0.25) is 0 Å². The Morgan fingerprint density at radius 2 is 1.92 bits per heavy atom. The van der Waals surface area contributed by atoms with Crippen molar-refractivity contribution in [3.05, 3.63) is 71.0 Å². The molecule has 130 valence electrons. The van der Waals surface area contributed by atoms with E-state index >= 15 is 0 Å². The zero-order valence-electron chi connectivity index (χ0n) is 13.8. The molecular formula is C19H16N4O2S. The first kappa shape index (κ1) is 16.4. The highest BCUT2D eigenvalue weighted by molar-refractivity contribution is 7.17. The summed E-state index contributed by atoms with van der Waals surface area (Å²) in [7, 11) is 0. The summed E-state index contributed by atoms with van der Waals surface area (Å²) in [6.45, 7) is 1.21. The van der Waals surface area contributed by atoms with Crippen molar-refractivity contribution in [2.75, 3.05) is 0 Å². The van der Waals surface area contributed by atoms with Crippen LogP contribution in [0.15, 0.2) is 54.6 Å². The second-order valence-electron chi connectivity index (χ2n) is 5.79. The third-order valence-corrected chi connectivity index (χ3v) is 5.01. The molecule has 0 saturated heterocycles. The van der Waals surface area contributed by atoms with E-state index in [1.807, 2.05) is 42.5 Å². The fourth-order valence-corrected chi connectivity index (χ4v) is 3.52. The first-order valence-corrected chi connectivity index (χ1v) is 8.94. The number of carbonyl (C=O) groups is 1. The van der Waals surface area contributed by atoms with Gasteiger partial charge in [0.15, 0.2) is 0 Å². The Kier molecular flexibility index (Phi) is 4.47. The molecule has 0 saturated carbocycles. The summed E-state index contributed by atoms with van der Waals surface area (Å²) in [6, 6.07) is 17.1. The molecule has 3 N–H and O–H groups in total. The zero-order chi connectivity index (χ0) is 17.9. The summed E-state index contributed by atoms with van der Waals surface area (Å²) in [4.78, 5) is 24.6. The molecule has 0 radical (unpaired) electrons. The maximum atomic E-state index is 11.0. The summed E-state index contributed by atoms with van der Waals surface area (Å²) < 4.78 is 0. The van der Waals surface area contributed by atoms with Gasteiger partial charge in [0.25, 0.3) is 0 Å². The number of H-pyrrole nitrogens is 1. The number of nitrogens with one attached hydrogen (secondary N) is 2. The van der Waals surface area contributed by atoms with Crippen LogP contribution in [0.3, 0.4) is 0 Å². The van der Waals surface area contributed by atoms with E-state index in [-0.39, 0.29) is 0 Å². The van der Waals surface area contributed by atoms with Gasteiger partial charge in [-0.2, -0.15) is 0 Å². The predicted molar refractivity (Wildman–Crippen MR) is 101 cm³/mol. The number of hydrogen-bond donors (Lipinski definition) is 3. The summed E-state index contributed by atoms with van der Waals surface area (Å²) in [5.74, 6) is -0.0309. The Balaban J connectivity index is 1.42. The quantitative estimate of drug-likeness (QED) is 0.485. The highest BCUT2D eigenvalue weighted by atomic mass is 32.1. The van der Waals surface area contributed by atoms with E-state index < -0.39 is 5.97 Å². The van der Waals surface area contributed by atoms with Crippen molar-refractivity contribution < 1.29 is 9.90 Å². The number of para-hydroxylation sites is 2. The molecule has 0 spiro atoms. The van der Waals surface area contributed by atoms with Crippen LogP contribution in [-0.2, 0) is 13.1 Å². The minimum absolute atomic E-state index is 0.315. The van der Waals surface area contributed by atoms with Crippen molar-refractivity contribution in [1.29, 1.82) is 0 Å². The lowest BCUT2D eigenvalue weighted by Crippen LogP contribution is -2.14. The van der Waals surface area contributed by atoms with Gasteiger partial charge in [-0.25, -0.2) is 9.78 Å². The highest BCUT2D eigenvalue weighted by Crippen LogP contribution is 2.26. The Bertz CT molecular complexity index is 1040. The monoisotopic (exact) mass is 364 g/mol. The van der Waals surface area contributed by atoms with Crippen LogP contribution in [-0.4, -0.2) is 26.0 Å². The second kappa shape index (κ2) is 7.07. The molecule has 6 nitrogen and oxygen atoms in total. The lowest BCUT2D eigenvalue weighted by molar-refractivity contribution is 0.0702. The smallest absolute Gasteiger partial charge is 0.345 e. The molecule has 7 heteroatoms. The Hall–Kier alpha value is -3.03. The van der Waals surface area contributed by atoms with Gasteiger partial charge in [-0.3, -0.25) is 4.98 Å². The van der Waals surface area contributed by atoms with Gasteiger partial charge >= 0.3 is 5.97 Å². The van der Waals surface area contributed by atoms with Crippen molar-refractivity contribution >= 4 is 28.3 Å². The molecule has 0 bridgehead atoms. The van der Waals surface area contributed by atoms with Crippen LogP contribution in [0.1, 0.15) is 21.2 Å². The molecular weight excluding hydrogens is 348 g/mol.